The number of carbonyl (C=O) groups excluding carboxylic acids is 2. The Balaban J connectivity index is 0.00000134. The number of para-hydroxylation sites is 1. The standard InChI is InChI=1S/C38H40ClN3O3S.CH3NO/c1-4-25-14-17-38(18-15-25)22-41(23-38)35-30(20-24(3)21-40-35)26-10-12-27(13-11-26)36(43)42-19-16-29-32(39)34(37(44)45-5-2)46-33(29)28-8-6-7-9-31(28)42;1-2-3/h6-13,20-21,25H,4-5,14-19,22-23H2,1-3H3;1H3. The number of hydrogen-bond acceptors (Lipinski definition) is 8. The number of benzene rings is 2. The molecule has 2 fully saturated rings. The first-order valence-electron chi connectivity index (χ1n) is 17.2. The second kappa shape index (κ2) is 14.8. The Hall–Kier alpha value is -4.08. The van der Waals surface area contributed by atoms with E-state index >= 15 is 0 Å². The maximum absolute atomic E-state index is 14.1. The number of pyridine rings is 1. The van der Waals surface area contributed by atoms with Gasteiger partial charge in [0.25, 0.3) is 5.91 Å². The van der Waals surface area contributed by atoms with E-state index in [0.717, 1.165) is 63.2 Å². The summed E-state index contributed by atoms with van der Waals surface area (Å²) in [7, 11) is 1.19. The molecule has 8 nitrogen and oxygen atoms in total. The van der Waals surface area contributed by atoms with Crippen LogP contribution >= 0.6 is 22.9 Å². The van der Waals surface area contributed by atoms with Gasteiger partial charge in [0.05, 0.1) is 24.4 Å². The number of nitrogens with zero attached hydrogens (tertiary/aromatic N) is 4. The minimum absolute atomic E-state index is 0.0640. The van der Waals surface area contributed by atoms with E-state index in [2.05, 4.69) is 42.1 Å². The molecule has 1 saturated heterocycles. The molecule has 2 aromatic carbocycles. The van der Waals surface area contributed by atoms with Gasteiger partial charge in [0, 0.05) is 52.8 Å². The number of esters is 1. The first-order valence-corrected chi connectivity index (χ1v) is 18.3. The van der Waals surface area contributed by atoms with Gasteiger partial charge in [0.2, 0.25) is 0 Å². The summed E-state index contributed by atoms with van der Waals surface area (Å²) in [6, 6.07) is 18.0. The zero-order chi connectivity index (χ0) is 34.7. The summed E-state index contributed by atoms with van der Waals surface area (Å²) in [5, 5.41) is 2.68. The van der Waals surface area contributed by atoms with Gasteiger partial charge in [-0.2, -0.15) is 4.91 Å². The highest BCUT2D eigenvalue weighted by atomic mass is 35.5. The van der Waals surface area contributed by atoms with Gasteiger partial charge in [-0.05, 0) is 92.8 Å². The van der Waals surface area contributed by atoms with Crippen molar-refractivity contribution < 1.29 is 14.3 Å². The molecule has 0 atom stereocenters. The number of aromatic nitrogens is 1. The molecule has 49 heavy (non-hydrogen) atoms. The highest BCUT2D eigenvalue weighted by molar-refractivity contribution is 7.18. The molecule has 1 spiro atoms. The van der Waals surface area contributed by atoms with E-state index in [0.29, 0.717) is 33.8 Å². The van der Waals surface area contributed by atoms with E-state index in [4.69, 9.17) is 26.2 Å². The minimum Gasteiger partial charge on any atom is -0.462 e. The lowest BCUT2D eigenvalue weighted by Crippen LogP contribution is -2.58. The van der Waals surface area contributed by atoms with Gasteiger partial charge in [-0.3, -0.25) is 4.79 Å². The summed E-state index contributed by atoms with van der Waals surface area (Å²) in [5.74, 6) is 1.47. The van der Waals surface area contributed by atoms with Crippen molar-refractivity contribution in [1.29, 1.82) is 0 Å². The number of anilines is 2. The van der Waals surface area contributed by atoms with E-state index in [1.807, 2.05) is 47.5 Å². The third kappa shape index (κ3) is 6.88. The summed E-state index contributed by atoms with van der Waals surface area (Å²) >= 11 is 8.08. The molecule has 3 aliphatic rings. The molecule has 4 aromatic rings. The van der Waals surface area contributed by atoms with Crippen molar-refractivity contribution in [3.63, 3.8) is 0 Å². The fraction of sp³-hybridized carbons (Fsp3) is 0.410. The lowest BCUT2D eigenvalue weighted by molar-refractivity contribution is 0.0532. The number of fused-ring (bicyclic) bond motifs is 3. The van der Waals surface area contributed by atoms with Gasteiger partial charge in [0.15, 0.2) is 0 Å². The molecule has 10 heteroatoms. The van der Waals surface area contributed by atoms with Crippen LogP contribution in [0.3, 0.4) is 0 Å². The molecule has 0 N–H and O–H groups in total. The van der Waals surface area contributed by atoms with Crippen LogP contribution in [-0.4, -0.2) is 50.1 Å². The number of thiophene rings is 1. The third-order valence-corrected chi connectivity index (χ3v) is 12.0. The maximum Gasteiger partial charge on any atom is 0.349 e. The van der Waals surface area contributed by atoms with Crippen molar-refractivity contribution in [2.24, 2.45) is 16.5 Å². The highest BCUT2D eigenvalue weighted by Crippen LogP contribution is 2.49. The fourth-order valence-corrected chi connectivity index (χ4v) is 9.18. The number of rotatable bonds is 6. The predicted octanol–water partition coefficient (Wildman–Crippen LogP) is 9.61. The Bertz CT molecular complexity index is 1840. The first kappa shape index (κ1) is 34.8. The molecule has 1 aliphatic carbocycles. The van der Waals surface area contributed by atoms with Crippen LogP contribution in [0.2, 0.25) is 5.02 Å². The van der Waals surface area contributed by atoms with Crippen LogP contribution < -0.4 is 9.80 Å². The quantitative estimate of drug-likeness (QED) is 0.147. The monoisotopic (exact) mass is 698 g/mol. The molecular formula is C39H43ClN4O4S. The van der Waals surface area contributed by atoms with Gasteiger partial charge >= 0.3 is 5.97 Å². The predicted molar refractivity (Wildman–Crippen MR) is 199 cm³/mol. The third-order valence-electron chi connectivity index (χ3n) is 10.2. The van der Waals surface area contributed by atoms with Gasteiger partial charge in [-0.25, -0.2) is 9.78 Å². The Morgan fingerprint density at radius 3 is 2.43 bits per heavy atom. The van der Waals surface area contributed by atoms with Crippen LogP contribution in [0.25, 0.3) is 21.6 Å². The Morgan fingerprint density at radius 1 is 1.06 bits per heavy atom. The van der Waals surface area contributed by atoms with Gasteiger partial charge in [-0.1, -0.05) is 60.5 Å². The summed E-state index contributed by atoms with van der Waals surface area (Å²) in [6.45, 7) is 9.08. The van der Waals surface area contributed by atoms with E-state index in [1.54, 1.807) is 6.92 Å². The summed E-state index contributed by atoms with van der Waals surface area (Å²) in [6.07, 6.45) is 9.16. The first-order chi connectivity index (χ1) is 23.7. The number of amides is 1. The van der Waals surface area contributed by atoms with E-state index in [9.17, 15) is 9.59 Å². The lowest BCUT2D eigenvalue weighted by atomic mass is 9.65. The lowest BCUT2D eigenvalue weighted by Gasteiger charge is -2.54. The molecule has 1 saturated carbocycles. The van der Waals surface area contributed by atoms with E-state index in [1.165, 1.54) is 50.5 Å². The highest BCUT2D eigenvalue weighted by Gasteiger charge is 2.45. The van der Waals surface area contributed by atoms with Crippen LogP contribution in [0.15, 0.2) is 66.0 Å². The molecule has 0 radical (unpaired) electrons. The zero-order valence-electron chi connectivity index (χ0n) is 28.6. The average Bonchev–Trinajstić information content (AvgIpc) is 3.34. The van der Waals surface area contributed by atoms with Crippen LogP contribution in [0.4, 0.5) is 11.5 Å². The molecular weight excluding hydrogens is 656 g/mol. The molecule has 0 unspecified atom stereocenters. The van der Waals surface area contributed by atoms with E-state index in [-0.39, 0.29) is 12.5 Å². The molecule has 2 aromatic heterocycles. The fourth-order valence-electron chi connectivity index (χ4n) is 7.57. The second-order valence-electron chi connectivity index (χ2n) is 13.3. The number of hydrogen-bond donors (Lipinski definition) is 0. The van der Waals surface area contributed by atoms with Crippen LogP contribution in [0.5, 0.6) is 0 Å². The van der Waals surface area contributed by atoms with Crippen molar-refractivity contribution in [2.45, 2.75) is 59.3 Å². The smallest absolute Gasteiger partial charge is 0.349 e. The number of ether oxygens (including phenoxy) is 1. The largest absolute Gasteiger partial charge is 0.462 e. The Morgan fingerprint density at radius 2 is 1.76 bits per heavy atom. The molecule has 7 rings (SSSR count). The van der Waals surface area contributed by atoms with Crippen molar-refractivity contribution in [1.82, 2.24) is 4.98 Å². The zero-order valence-corrected chi connectivity index (χ0v) is 30.2. The maximum atomic E-state index is 14.1. The van der Waals surface area contributed by atoms with Crippen molar-refractivity contribution in [3.8, 4) is 21.6 Å². The van der Waals surface area contributed by atoms with Crippen LogP contribution in [0, 0.1) is 23.2 Å². The van der Waals surface area contributed by atoms with E-state index < -0.39 is 5.97 Å². The minimum atomic E-state index is -0.407. The van der Waals surface area contributed by atoms with Crippen molar-refractivity contribution >= 4 is 46.3 Å². The van der Waals surface area contributed by atoms with Gasteiger partial charge in [-0.15, -0.1) is 11.3 Å². The van der Waals surface area contributed by atoms with Gasteiger partial charge in [0.1, 0.15) is 10.7 Å². The molecule has 4 heterocycles. The summed E-state index contributed by atoms with van der Waals surface area (Å²) in [5.41, 5.74) is 6.97. The number of halogens is 1. The molecule has 0 bridgehead atoms. The number of nitroso groups, excluding NO2 is 1. The summed E-state index contributed by atoms with van der Waals surface area (Å²) < 4.78 is 5.25. The van der Waals surface area contributed by atoms with Gasteiger partial charge < -0.3 is 14.5 Å². The number of carbonyl (C=O) groups is 2. The second-order valence-corrected chi connectivity index (χ2v) is 14.7. The Labute approximate surface area is 297 Å². The number of aryl methyl sites for hydroxylation is 1. The topological polar surface area (TPSA) is 92.2 Å². The van der Waals surface area contributed by atoms with Crippen molar-refractivity contribution in [2.75, 3.05) is 43.1 Å². The molecule has 256 valence electrons. The Kier molecular flexibility index (Phi) is 10.5. The van der Waals surface area contributed by atoms with Crippen molar-refractivity contribution in [3.05, 3.63) is 92.3 Å². The van der Waals surface area contributed by atoms with Crippen LogP contribution in [-0.2, 0) is 11.2 Å². The normalized spacial score (nSPS) is 16.4. The molecule has 1 amide bonds. The SMILES string of the molecule is CCOC(=O)c1sc2c(c1Cl)CCN(C(=O)c1ccc(-c3cc(C)cnc3N3CC4(CCC(CC)CC4)C3)cc1)c1ccccc1-2.CN=O. The average molecular weight is 699 g/mol. The molecule has 2 aliphatic heterocycles. The van der Waals surface area contributed by atoms with Crippen LogP contribution in [0.1, 0.15) is 77.1 Å². The summed E-state index contributed by atoms with van der Waals surface area (Å²) in [4.78, 5) is 45.8.